The minimum atomic E-state index is -0.230. The maximum atomic E-state index is 12.9. The van der Waals surface area contributed by atoms with Gasteiger partial charge in [0.2, 0.25) is 5.91 Å². The van der Waals surface area contributed by atoms with Crippen LogP contribution in [0.15, 0.2) is 18.2 Å². The van der Waals surface area contributed by atoms with Gasteiger partial charge >= 0.3 is 0 Å². The number of carbonyl (C=O) groups is 1. The first kappa shape index (κ1) is 13.6. The molecule has 0 radical (unpaired) electrons. The van der Waals surface area contributed by atoms with Crippen LogP contribution in [0.4, 0.5) is 4.39 Å². The van der Waals surface area contributed by atoms with Crippen molar-refractivity contribution in [3.8, 4) is 0 Å². The summed E-state index contributed by atoms with van der Waals surface area (Å²) in [5.41, 5.74) is 1.90. The molecule has 0 saturated heterocycles. The van der Waals surface area contributed by atoms with Crippen LogP contribution in [0, 0.1) is 12.7 Å². The lowest BCUT2D eigenvalue weighted by Crippen LogP contribution is -2.34. The average molecular weight is 238 g/mol. The monoisotopic (exact) mass is 238 g/mol. The van der Waals surface area contributed by atoms with E-state index in [1.807, 2.05) is 13.8 Å². The summed E-state index contributed by atoms with van der Waals surface area (Å²) >= 11 is 0. The third-order valence-corrected chi connectivity index (χ3v) is 2.48. The fourth-order valence-corrected chi connectivity index (χ4v) is 1.50. The lowest BCUT2D eigenvalue weighted by atomic mass is 10.1. The van der Waals surface area contributed by atoms with Gasteiger partial charge in [0.05, 0.1) is 6.54 Å². The van der Waals surface area contributed by atoms with Gasteiger partial charge in [0.1, 0.15) is 5.82 Å². The quantitative estimate of drug-likeness (QED) is 0.792. The zero-order valence-corrected chi connectivity index (χ0v) is 10.3. The predicted octanol–water partition coefficient (Wildman–Crippen LogP) is 1.75. The second-order valence-electron chi connectivity index (χ2n) is 4.02. The van der Waals surface area contributed by atoms with E-state index < -0.39 is 0 Å². The highest BCUT2D eigenvalue weighted by Gasteiger charge is 2.02. The Bertz CT molecular complexity index is 380. The Morgan fingerprint density at radius 3 is 2.82 bits per heavy atom. The molecule has 17 heavy (non-hydrogen) atoms. The number of hydrogen-bond acceptors (Lipinski definition) is 2. The topological polar surface area (TPSA) is 41.1 Å². The fourth-order valence-electron chi connectivity index (χ4n) is 1.50. The van der Waals surface area contributed by atoms with E-state index >= 15 is 0 Å². The molecule has 1 aromatic rings. The summed E-state index contributed by atoms with van der Waals surface area (Å²) in [5.74, 6) is -0.237. The molecule has 1 aromatic carbocycles. The highest BCUT2D eigenvalue weighted by Crippen LogP contribution is 2.09. The molecule has 0 aliphatic carbocycles. The molecule has 0 aliphatic rings. The van der Waals surface area contributed by atoms with Crippen molar-refractivity contribution in [1.29, 1.82) is 0 Å². The Labute approximate surface area is 101 Å². The molecule has 0 unspecified atom stereocenters. The standard InChI is InChI=1S/C13H19FN2O/c1-3-6-16-13(17)9-15-8-11-4-5-12(14)7-10(11)2/h4-5,7,15H,3,6,8-9H2,1-2H3,(H,16,17). The van der Waals surface area contributed by atoms with Crippen molar-refractivity contribution >= 4 is 5.91 Å². The molecule has 94 valence electrons. The second kappa shape index (κ2) is 7.01. The van der Waals surface area contributed by atoms with Crippen LogP contribution in [0.3, 0.4) is 0 Å². The molecule has 1 rings (SSSR count). The van der Waals surface area contributed by atoms with E-state index in [1.54, 1.807) is 6.07 Å². The van der Waals surface area contributed by atoms with Gasteiger partial charge in [0.25, 0.3) is 0 Å². The van der Waals surface area contributed by atoms with E-state index in [0.29, 0.717) is 13.1 Å². The summed E-state index contributed by atoms with van der Waals surface area (Å²) in [5, 5.41) is 5.82. The summed E-state index contributed by atoms with van der Waals surface area (Å²) < 4.78 is 12.9. The molecule has 3 nitrogen and oxygen atoms in total. The van der Waals surface area contributed by atoms with Crippen LogP contribution in [-0.4, -0.2) is 19.0 Å². The van der Waals surface area contributed by atoms with Crippen molar-refractivity contribution in [2.45, 2.75) is 26.8 Å². The number of hydrogen-bond donors (Lipinski definition) is 2. The van der Waals surface area contributed by atoms with Crippen LogP contribution in [0.5, 0.6) is 0 Å². The van der Waals surface area contributed by atoms with Gasteiger partial charge in [-0.05, 0) is 36.6 Å². The highest BCUT2D eigenvalue weighted by atomic mass is 19.1. The minimum absolute atomic E-state index is 0.00776. The Balaban J connectivity index is 2.33. The molecule has 0 aromatic heterocycles. The number of rotatable bonds is 6. The largest absolute Gasteiger partial charge is 0.355 e. The molecule has 4 heteroatoms. The molecule has 0 atom stereocenters. The molecule has 0 saturated carbocycles. The van der Waals surface area contributed by atoms with E-state index in [2.05, 4.69) is 10.6 Å². The Morgan fingerprint density at radius 2 is 2.18 bits per heavy atom. The molecule has 0 heterocycles. The zero-order chi connectivity index (χ0) is 12.7. The van der Waals surface area contributed by atoms with E-state index in [1.165, 1.54) is 12.1 Å². The lowest BCUT2D eigenvalue weighted by Gasteiger charge is -2.08. The van der Waals surface area contributed by atoms with Gasteiger partial charge in [-0.1, -0.05) is 13.0 Å². The van der Waals surface area contributed by atoms with Gasteiger partial charge in [-0.15, -0.1) is 0 Å². The third-order valence-electron chi connectivity index (χ3n) is 2.48. The molecule has 0 aliphatic heterocycles. The number of carbonyl (C=O) groups excluding carboxylic acids is 1. The predicted molar refractivity (Wildman–Crippen MR) is 66.1 cm³/mol. The maximum absolute atomic E-state index is 12.9. The van der Waals surface area contributed by atoms with Crippen molar-refractivity contribution in [2.75, 3.05) is 13.1 Å². The lowest BCUT2D eigenvalue weighted by molar-refractivity contribution is -0.120. The molecule has 2 N–H and O–H groups in total. The van der Waals surface area contributed by atoms with Gasteiger partial charge in [-0.25, -0.2) is 4.39 Å². The Kier molecular flexibility index (Phi) is 5.63. The third kappa shape index (κ3) is 4.95. The van der Waals surface area contributed by atoms with Crippen LogP contribution < -0.4 is 10.6 Å². The maximum Gasteiger partial charge on any atom is 0.233 e. The molecule has 0 fully saturated rings. The van der Waals surface area contributed by atoms with Gasteiger partial charge in [0, 0.05) is 13.1 Å². The first-order valence-electron chi connectivity index (χ1n) is 5.86. The van der Waals surface area contributed by atoms with E-state index in [4.69, 9.17) is 0 Å². The van der Waals surface area contributed by atoms with E-state index in [-0.39, 0.29) is 18.3 Å². The first-order valence-corrected chi connectivity index (χ1v) is 5.86. The van der Waals surface area contributed by atoms with Crippen molar-refractivity contribution in [1.82, 2.24) is 10.6 Å². The molecule has 0 spiro atoms. The number of halogens is 1. The van der Waals surface area contributed by atoms with Crippen molar-refractivity contribution < 1.29 is 9.18 Å². The van der Waals surface area contributed by atoms with Gasteiger partial charge < -0.3 is 10.6 Å². The second-order valence-corrected chi connectivity index (χ2v) is 4.02. The Hall–Kier alpha value is -1.42. The van der Waals surface area contributed by atoms with Crippen LogP contribution >= 0.6 is 0 Å². The zero-order valence-electron chi connectivity index (χ0n) is 10.3. The average Bonchev–Trinajstić information content (AvgIpc) is 2.29. The molecular formula is C13H19FN2O. The number of amides is 1. The van der Waals surface area contributed by atoms with Gasteiger partial charge in [0.15, 0.2) is 0 Å². The van der Waals surface area contributed by atoms with Crippen LogP contribution in [-0.2, 0) is 11.3 Å². The van der Waals surface area contributed by atoms with Gasteiger partial charge in [-0.2, -0.15) is 0 Å². The summed E-state index contributed by atoms with van der Waals surface area (Å²) in [6.07, 6.45) is 0.933. The van der Waals surface area contributed by atoms with Crippen molar-refractivity contribution in [3.05, 3.63) is 35.1 Å². The highest BCUT2D eigenvalue weighted by molar-refractivity contribution is 5.77. The number of benzene rings is 1. The van der Waals surface area contributed by atoms with E-state index in [0.717, 1.165) is 17.5 Å². The first-order chi connectivity index (χ1) is 8.13. The smallest absolute Gasteiger partial charge is 0.233 e. The number of nitrogens with one attached hydrogen (secondary N) is 2. The fraction of sp³-hybridized carbons (Fsp3) is 0.462. The van der Waals surface area contributed by atoms with Crippen LogP contribution in [0.2, 0.25) is 0 Å². The minimum Gasteiger partial charge on any atom is -0.355 e. The molecular weight excluding hydrogens is 219 g/mol. The summed E-state index contributed by atoms with van der Waals surface area (Å²) in [4.78, 5) is 11.3. The number of aryl methyl sites for hydroxylation is 1. The van der Waals surface area contributed by atoms with Crippen LogP contribution in [0.1, 0.15) is 24.5 Å². The normalized spacial score (nSPS) is 10.3. The van der Waals surface area contributed by atoms with Gasteiger partial charge in [-0.3, -0.25) is 4.79 Å². The summed E-state index contributed by atoms with van der Waals surface area (Å²) in [6, 6.07) is 4.66. The van der Waals surface area contributed by atoms with Crippen molar-refractivity contribution in [2.24, 2.45) is 0 Å². The molecule has 1 amide bonds. The summed E-state index contributed by atoms with van der Waals surface area (Å²) in [6.45, 7) is 5.44. The summed E-state index contributed by atoms with van der Waals surface area (Å²) in [7, 11) is 0. The van der Waals surface area contributed by atoms with Crippen LogP contribution in [0.25, 0.3) is 0 Å². The van der Waals surface area contributed by atoms with Crippen molar-refractivity contribution in [3.63, 3.8) is 0 Å². The SMILES string of the molecule is CCCNC(=O)CNCc1ccc(F)cc1C. The molecule has 0 bridgehead atoms. The van der Waals surface area contributed by atoms with E-state index in [9.17, 15) is 9.18 Å². The Morgan fingerprint density at radius 1 is 1.41 bits per heavy atom.